The summed E-state index contributed by atoms with van der Waals surface area (Å²) >= 11 is 0. The topological polar surface area (TPSA) is 74.6 Å². The predicted octanol–water partition coefficient (Wildman–Crippen LogP) is 5.55. The third-order valence-electron chi connectivity index (χ3n) is 5.64. The molecule has 0 fully saturated rings. The van der Waals surface area contributed by atoms with Crippen LogP contribution in [0.5, 0.6) is 5.75 Å². The zero-order valence-corrected chi connectivity index (χ0v) is 21.3. The summed E-state index contributed by atoms with van der Waals surface area (Å²) in [6.07, 6.45) is 2.16. The maximum atomic E-state index is 13.4. The fourth-order valence-corrected chi connectivity index (χ4v) is 3.96. The van der Waals surface area contributed by atoms with Gasteiger partial charge in [-0.2, -0.15) is 0 Å². The maximum absolute atomic E-state index is 13.4. The molecule has 6 heteroatoms. The fraction of sp³-hybridized carbons (Fsp3) is 0.345. The third-order valence-corrected chi connectivity index (χ3v) is 5.64. The second kappa shape index (κ2) is 10.7. The molecule has 0 N–H and O–H groups in total. The highest BCUT2D eigenvalue weighted by Crippen LogP contribution is 2.33. The largest absolute Gasteiger partial charge is 0.495 e. The molecule has 1 heterocycles. The number of ketones is 1. The molecule has 0 aliphatic rings. The van der Waals surface area contributed by atoms with Gasteiger partial charge < -0.3 is 9.47 Å². The molecule has 0 saturated heterocycles. The van der Waals surface area contributed by atoms with Crippen molar-refractivity contribution in [2.75, 3.05) is 7.11 Å². The van der Waals surface area contributed by atoms with E-state index in [9.17, 15) is 14.4 Å². The standard InChI is InChI=1S/C29H33NO5/c1-7-25(31)21-14-13-19(2)15-22(21)23-17-27(32)30(18-26(23)34-6)24(28(33)35-29(3,4)5)16-20-11-9-8-10-12-20/h8-15,17-18,24H,7,16H2,1-6H3. The fourth-order valence-electron chi connectivity index (χ4n) is 3.96. The van der Waals surface area contributed by atoms with Crippen LogP contribution < -0.4 is 10.3 Å². The number of benzene rings is 2. The van der Waals surface area contributed by atoms with Crippen molar-refractivity contribution in [2.24, 2.45) is 0 Å². The molecule has 2 aromatic carbocycles. The Morgan fingerprint density at radius 3 is 2.29 bits per heavy atom. The molecule has 3 rings (SSSR count). The van der Waals surface area contributed by atoms with Crippen LogP contribution in [0.15, 0.2) is 65.6 Å². The van der Waals surface area contributed by atoms with E-state index < -0.39 is 17.6 Å². The van der Waals surface area contributed by atoms with Gasteiger partial charge in [0.25, 0.3) is 5.56 Å². The predicted molar refractivity (Wildman–Crippen MR) is 137 cm³/mol. The summed E-state index contributed by atoms with van der Waals surface area (Å²) in [6, 6.07) is 15.6. The van der Waals surface area contributed by atoms with Gasteiger partial charge in [-0.3, -0.25) is 14.2 Å². The Bertz CT molecular complexity index is 1270. The molecular weight excluding hydrogens is 442 g/mol. The van der Waals surface area contributed by atoms with Gasteiger partial charge in [0.1, 0.15) is 17.4 Å². The zero-order valence-electron chi connectivity index (χ0n) is 21.3. The van der Waals surface area contributed by atoms with Crippen LogP contribution in [0, 0.1) is 6.92 Å². The second-order valence-corrected chi connectivity index (χ2v) is 9.57. The smallest absolute Gasteiger partial charge is 0.330 e. The summed E-state index contributed by atoms with van der Waals surface area (Å²) in [4.78, 5) is 39.3. The van der Waals surface area contributed by atoms with Crippen LogP contribution in [0.2, 0.25) is 0 Å². The van der Waals surface area contributed by atoms with Crippen molar-refractivity contribution in [1.29, 1.82) is 0 Å². The van der Waals surface area contributed by atoms with Crippen LogP contribution in [0.25, 0.3) is 11.1 Å². The Kier molecular flexibility index (Phi) is 7.95. The molecule has 1 aromatic heterocycles. The molecule has 0 radical (unpaired) electrons. The van der Waals surface area contributed by atoms with Gasteiger partial charge in [-0.15, -0.1) is 0 Å². The number of pyridine rings is 1. The molecular formula is C29H33NO5. The quantitative estimate of drug-likeness (QED) is 0.315. The molecule has 1 atom stereocenters. The average molecular weight is 476 g/mol. The summed E-state index contributed by atoms with van der Waals surface area (Å²) in [5.41, 5.74) is 2.43. The summed E-state index contributed by atoms with van der Waals surface area (Å²) in [5, 5.41) is 0. The Morgan fingerprint density at radius 1 is 1.00 bits per heavy atom. The van der Waals surface area contributed by atoms with E-state index >= 15 is 0 Å². The number of Topliss-reactive ketones (excluding diaryl/α,β-unsaturated/α-hetero) is 1. The molecule has 3 aromatic rings. The van der Waals surface area contributed by atoms with Gasteiger partial charge >= 0.3 is 5.97 Å². The number of esters is 1. The molecule has 184 valence electrons. The van der Waals surface area contributed by atoms with E-state index in [1.807, 2.05) is 49.4 Å². The van der Waals surface area contributed by atoms with Gasteiger partial charge in [0.05, 0.1) is 13.3 Å². The summed E-state index contributed by atoms with van der Waals surface area (Å²) < 4.78 is 12.7. The van der Waals surface area contributed by atoms with Gasteiger partial charge in [0.2, 0.25) is 0 Å². The van der Waals surface area contributed by atoms with E-state index in [0.29, 0.717) is 28.9 Å². The van der Waals surface area contributed by atoms with Gasteiger partial charge in [0, 0.05) is 30.0 Å². The molecule has 6 nitrogen and oxygen atoms in total. The van der Waals surface area contributed by atoms with E-state index in [4.69, 9.17) is 9.47 Å². The normalized spacial score (nSPS) is 12.2. The highest BCUT2D eigenvalue weighted by Gasteiger charge is 2.29. The van der Waals surface area contributed by atoms with Crippen molar-refractivity contribution in [2.45, 2.75) is 59.1 Å². The van der Waals surface area contributed by atoms with Crippen molar-refractivity contribution in [3.63, 3.8) is 0 Å². The summed E-state index contributed by atoms with van der Waals surface area (Å²) in [7, 11) is 1.50. The summed E-state index contributed by atoms with van der Waals surface area (Å²) in [6.45, 7) is 9.11. The lowest BCUT2D eigenvalue weighted by Gasteiger charge is -2.26. The van der Waals surface area contributed by atoms with Crippen LogP contribution in [0.1, 0.15) is 61.6 Å². The number of ether oxygens (including phenoxy) is 2. The van der Waals surface area contributed by atoms with E-state index in [2.05, 4.69) is 0 Å². The lowest BCUT2D eigenvalue weighted by Crippen LogP contribution is -2.36. The Balaban J connectivity index is 2.17. The number of hydrogen-bond acceptors (Lipinski definition) is 5. The molecule has 0 aliphatic heterocycles. The highest BCUT2D eigenvalue weighted by molar-refractivity contribution is 6.02. The van der Waals surface area contributed by atoms with Crippen molar-refractivity contribution in [3.05, 3.63) is 87.8 Å². The van der Waals surface area contributed by atoms with Crippen LogP contribution in [0.4, 0.5) is 0 Å². The molecule has 1 unspecified atom stereocenters. The SMILES string of the molecule is CCC(=O)c1ccc(C)cc1-c1cc(=O)n(C(Cc2ccccc2)C(=O)OC(C)(C)C)cc1OC. The van der Waals surface area contributed by atoms with Crippen LogP contribution in [-0.2, 0) is 16.0 Å². The first-order chi connectivity index (χ1) is 16.5. The molecule has 0 saturated carbocycles. The molecule has 0 spiro atoms. The number of rotatable bonds is 8. The van der Waals surface area contributed by atoms with Gasteiger partial charge in [-0.05, 0) is 38.8 Å². The number of aromatic nitrogens is 1. The van der Waals surface area contributed by atoms with Gasteiger partial charge in [-0.1, -0.05) is 61.0 Å². The number of aryl methyl sites for hydroxylation is 1. The molecule has 0 bridgehead atoms. The minimum Gasteiger partial charge on any atom is -0.495 e. The Labute approximate surface area is 206 Å². The Morgan fingerprint density at radius 2 is 1.69 bits per heavy atom. The lowest BCUT2D eigenvalue weighted by molar-refractivity contribution is -0.159. The van der Waals surface area contributed by atoms with Crippen molar-refractivity contribution in [3.8, 4) is 16.9 Å². The average Bonchev–Trinajstić information content (AvgIpc) is 2.81. The van der Waals surface area contributed by atoms with Gasteiger partial charge in [0.15, 0.2) is 5.78 Å². The number of hydrogen-bond donors (Lipinski definition) is 0. The van der Waals surface area contributed by atoms with Crippen molar-refractivity contribution < 1.29 is 19.1 Å². The monoisotopic (exact) mass is 475 g/mol. The first-order valence-electron chi connectivity index (χ1n) is 11.7. The van der Waals surface area contributed by atoms with E-state index in [0.717, 1.165) is 11.1 Å². The van der Waals surface area contributed by atoms with E-state index in [1.165, 1.54) is 23.9 Å². The van der Waals surface area contributed by atoms with Crippen LogP contribution in [-0.4, -0.2) is 29.0 Å². The number of nitrogens with zero attached hydrogens (tertiary/aromatic N) is 1. The maximum Gasteiger partial charge on any atom is 0.330 e. The Hall–Kier alpha value is -3.67. The first kappa shape index (κ1) is 25.9. The van der Waals surface area contributed by atoms with Gasteiger partial charge in [-0.25, -0.2) is 4.79 Å². The number of methoxy groups -OCH3 is 1. The van der Waals surface area contributed by atoms with Crippen LogP contribution >= 0.6 is 0 Å². The summed E-state index contributed by atoms with van der Waals surface area (Å²) in [5.74, 6) is -0.139. The molecule has 35 heavy (non-hydrogen) atoms. The zero-order chi connectivity index (χ0) is 25.8. The van der Waals surface area contributed by atoms with Crippen molar-refractivity contribution >= 4 is 11.8 Å². The van der Waals surface area contributed by atoms with E-state index in [1.54, 1.807) is 33.8 Å². The molecule has 0 aliphatic carbocycles. The third kappa shape index (κ3) is 6.27. The highest BCUT2D eigenvalue weighted by atomic mass is 16.6. The number of carbonyl (C=O) groups is 2. The van der Waals surface area contributed by atoms with E-state index in [-0.39, 0.29) is 17.8 Å². The lowest BCUT2D eigenvalue weighted by atomic mass is 9.94. The number of carbonyl (C=O) groups excluding carboxylic acids is 2. The minimum atomic E-state index is -0.888. The first-order valence-corrected chi connectivity index (χ1v) is 11.7. The minimum absolute atomic E-state index is 0.0260. The molecule has 0 amide bonds. The van der Waals surface area contributed by atoms with Crippen LogP contribution in [0.3, 0.4) is 0 Å². The second-order valence-electron chi connectivity index (χ2n) is 9.57. The van der Waals surface area contributed by atoms with Crippen molar-refractivity contribution in [1.82, 2.24) is 4.57 Å².